The molecule has 1 heterocycles. The first-order chi connectivity index (χ1) is 13.8. The van der Waals surface area contributed by atoms with E-state index in [1.54, 1.807) is 30.5 Å². The number of anilines is 1. The molecule has 9 heteroatoms. The number of benzene rings is 2. The van der Waals surface area contributed by atoms with Gasteiger partial charge in [-0.3, -0.25) is 9.10 Å². The summed E-state index contributed by atoms with van der Waals surface area (Å²) in [6.07, 6.45) is 4.60. The summed E-state index contributed by atoms with van der Waals surface area (Å²) < 4.78 is 27.4. The number of para-hydroxylation sites is 2. The molecule has 0 aliphatic rings. The maximum absolute atomic E-state index is 12.5. The van der Waals surface area contributed by atoms with Crippen LogP contribution in [0.1, 0.15) is 11.4 Å². The highest BCUT2D eigenvalue weighted by Gasteiger charge is 2.22. The molecule has 0 bridgehead atoms. The summed E-state index contributed by atoms with van der Waals surface area (Å²) in [5.74, 6) is 0.387. The van der Waals surface area contributed by atoms with E-state index >= 15 is 0 Å². The fourth-order valence-corrected chi connectivity index (χ4v) is 4.10. The van der Waals surface area contributed by atoms with Crippen LogP contribution in [0.2, 0.25) is 5.02 Å². The quantitative estimate of drug-likeness (QED) is 0.622. The highest BCUT2D eigenvalue weighted by atomic mass is 35.5. The molecule has 1 aromatic heterocycles. The van der Waals surface area contributed by atoms with Crippen LogP contribution in [0.25, 0.3) is 5.69 Å². The number of carbonyl (C=O) groups is 1. The Balaban J connectivity index is 1.76. The van der Waals surface area contributed by atoms with Gasteiger partial charge in [0, 0.05) is 18.9 Å². The van der Waals surface area contributed by atoms with Gasteiger partial charge < -0.3 is 9.88 Å². The molecule has 152 valence electrons. The van der Waals surface area contributed by atoms with Crippen molar-refractivity contribution in [2.45, 2.75) is 13.5 Å². The number of nitrogens with one attached hydrogen (secondary N) is 1. The van der Waals surface area contributed by atoms with Gasteiger partial charge in [-0.1, -0.05) is 41.9 Å². The van der Waals surface area contributed by atoms with Crippen molar-refractivity contribution in [2.75, 3.05) is 17.1 Å². The Kier molecular flexibility index (Phi) is 6.24. The topological polar surface area (TPSA) is 84.3 Å². The summed E-state index contributed by atoms with van der Waals surface area (Å²) in [6.45, 7) is 1.77. The minimum absolute atomic E-state index is 0.243. The molecule has 7 nitrogen and oxygen atoms in total. The van der Waals surface area contributed by atoms with Gasteiger partial charge in [-0.15, -0.1) is 0 Å². The lowest BCUT2D eigenvalue weighted by molar-refractivity contribution is -0.119. The van der Waals surface area contributed by atoms with Crippen LogP contribution in [0.3, 0.4) is 0 Å². The van der Waals surface area contributed by atoms with Crippen LogP contribution in [0, 0.1) is 6.92 Å². The number of halogens is 1. The van der Waals surface area contributed by atoms with Crippen molar-refractivity contribution >= 4 is 33.2 Å². The monoisotopic (exact) mass is 432 g/mol. The van der Waals surface area contributed by atoms with E-state index in [1.165, 1.54) is 0 Å². The molecule has 0 radical (unpaired) electrons. The first-order valence-corrected chi connectivity index (χ1v) is 11.1. The summed E-state index contributed by atoms with van der Waals surface area (Å²) in [5, 5.41) is 3.05. The minimum atomic E-state index is -3.69. The number of aromatic nitrogens is 2. The molecule has 0 unspecified atom stereocenters. The van der Waals surface area contributed by atoms with Gasteiger partial charge in [-0.05, 0) is 30.7 Å². The molecule has 0 fully saturated rings. The molecule has 0 saturated heterocycles. The first kappa shape index (κ1) is 20.9. The van der Waals surface area contributed by atoms with Crippen LogP contribution >= 0.6 is 11.6 Å². The average Bonchev–Trinajstić information content (AvgIpc) is 3.10. The number of imidazole rings is 1. The van der Waals surface area contributed by atoms with Gasteiger partial charge >= 0.3 is 0 Å². The van der Waals surface area contributed by atoms with E-state index < -0.39 is 15.9 Å². The Morgan fingerprint density at radius 2 is 1.86 bits per heavy atom. The van der Waals surface area contributed by atoms with Crippen molar-refractivity contribution in [3.8, 4) is 5.69 Å². The predicted molar refractivity (Wildman–Crippen MR) is 114 cm³/mol. The van der Waals surface area contributed by atoms with Gasteiger partial charge in [0.25, 0.3) is 0 Å². The predicted octanol–water partition coefficient (Wildman–Crippen LogP) is 2.92. The van der Waals surface area contributed by atoms with Gasteiger partial charge in [-0.25, -0.2) is 13.4 Å². The number of hydrogen-bond acceptors (Lipinski definition) is 4. The van der Waals surface area contributed by atoms with Crippen molar-refractivity contribution in [3.63, 3.8) is 0 Å². The number of amides is 1. The fraction of sp³-hybridized carbons (Fsp3) is 0.200. The van der Waals surface area contributed by atoms with Crippen LogP contribution in [0.5, 0.6) is 0 Å². The maximum Gasteiger partial charge on any atom is 0.241 e. The average molecular weight is 433 g/mol. The molecule has 3 rings (SSSR count). The van der Waals surface area contributed by atoms with Gasteiger partial charge in [0.1, 0.15) is 12.4 Å². The van der Waals surface area contributed by atoms with E-state index in [0.29, 0.717) is 0 Å². The second kappa shape index (κ2) is 8.67. The Morgan fingerprint density at radius 1 is 1.17 bits per heavy atom. The van der Waals surface area contributed by atoms with E-state index in [2.05, 4.69) is 10.3 Å². The zero-order valence-corrected chi connectivity index (χ0v) is 17.6. The molecule has 0 atom stereocenters. The lowest BCUT2D eigenvalue weighted by Gasteiger charge is -2.23. The van der Waals surface area contributed by atoms with Crippen molar-refractivity contribution in [3.05, 3.63) is 77.3 Å². The molecule has 0 aliphatic carbocycles. The highest BCUT2D eigenvalue weighted by molar-refractivity contribution is 7.92. The molecule has 1 N–H and O–H groups in total. The Bertz CT molecular complexity index is 1130. The van der Waals surface area contributed by atoms with Gasteiger partial charge in [0.2, 0.25) is 15.9 Å². The zero-order chi connectivity index (χ0) is 21.0. The largest absolute Gasteiger partial charge is 0.350 e. The number of rotatable bonds is 7. The van der Waals surface area contributed by atoms with E-state index in [9.17, 15) is 13.2 Å². The summed E-state index contributed by atoms with van der Waals surface area (Å²) >= 11 is 6.13. The first-order valence-electron chi connectivity index (χ1n) is 8.84. The lowest BCUT2D eigenvalue weighted by Crippen LogP contribution is -2.40. The van der Waals surface area contributed by atoms with E-state index in [0.717, 1.165) is 27.6 Å². The van der Waals surface area contributed by atoms with Crippen molar-refractivity contribution < 1.29 is 13.2 Å². The minimum Gasteiger partial charge on any atom is -0.350 e. The molecule has 0 saturated carbocycles. The molecular formula is C20H21ClN4O3S. The Hall–Kier alpha value is -2.84. The van der Waals surface area contributed by atoms with E-state index in [4.69, 9.17) is 11.6 Å². The third-order valence-corrected chi connectivity index (χ3v) is 5.81. The van der Waals surface area contributed by atoms with Crippen molar-refractivity contribution in [1.82, 2.24) is 14.9 Å². The molecule has 0 aliphatic heterocycles. The number of carbonyl (C=O) groups excluding carboxylic acids is 1. The van der Waals surface area contributed by atoms with Crippen molar-refractivity contribution in [2.24, 2.45) is 0 Å². The van der Waals surface area contributed by atoms with Crippen LogP contribution in [0.4, 0.5) is 5.69 Å². The molecule has 0 spiro atoms. The molecular weight excluding hydrogens is 412 g/mol. The number of hydrogen-bond donors (Lipinski definition) is 1. The summed E-state index contributed by atoms with van der Waals surface area (Å²) in [5.41, 5.74) is 2.04. The second-order valence-electron chi connectivity index (χ2n) is 6.47. The lowest BCUT2D eigenvalue weighted by atomic mass is 10.1. The highest BCUT2D eigenvalue weighted by Crippen LogP contribution is 2.26. The van der Waals surface area contributed by atoms with Crippen LogP contribution in [-0.4, -0.2) is 36.7 Å². The van der Waals surface area contributed by atoms with E-state index in [1.807, 2.05) is 42.0 Å². The van der Waals surface area contributed by atoms with Gasteiger partial charge in [-0.2, -0.15) is 0 Å². The van der Waals surface area contributed by atoms with Crippen molar-refractivity contribution in [1.29, 1.82) is 0 Å². The van der Waals surface area contributed by atoms with Gasteiger partial charge in [0.05, 0.1) is 22.7 Å². The number of sulfonamides is 1. The molecule has 29 heavy (non-hydrogen) atoms. The number of aryl methyl sites for hydroxylation is 1. The van der Waals surface area contributed by atoms with Gasteiger partial charge in [0.15, 0.2) is 0 Å². The fourth-order valence-electron chi connectivity index (χ4n) is 2.94. The van der Waals surface area contributed by atoms with Crippen LogP contribution < -0.4 is 9.62 Å². The Morgan fingerprint density at radius 3 is 2.52 bits per heavy atom. The Labute approximate surface area is 175 Å². The standard InChI is InChI=1S/C20H21ClN4O3S/c1-15-22-11-12-24(15)18-9-5-3-7-16(18)13-23-20(26)14-25(29(2,27)28)19-10-6-4-8-17(19)21/h3-12H,13-14H2,1-2H3,(H,23,26). The maximum atomic E-state index is 12.5. The van der Waals surface area contributed by atoms with Crippen LogP contribution in [0.15, 0.2) is 60.9 Å². The second-order valence-corrected chi connectivity index (χ2v) is 8.78. The molecule has 2 aromatic carbocycles. The normalized spacial score (nSPS) is 11.3. The third kappa shape index (κ3) is 4.96. The third-order valence-electron chi connectivity index (χ3n) is 4.36. The number of nitrogens with zero attached hydrogens (tertiary/aromatic N) is 3. The SMILES string of the molecule is Cc1nccn1-c1ccccc1CNC(=O)CN(c1ccccc1Cl)S(C)(=O)=O. The summed E-state index contributed by atoms with van der Waals surface area (Å²) in [6, 6.07) is 14.1. The summed E-state index contributed by atoms with van der Waals surface area (Å²) in [4.78, 5) is 16.8. The molecule has 1 amide bonds. The molecule has 3 aromatic rings. The summed E-state index contributed by atoms with van der Waals surface area (Å²) in [7, 11) is -3.69. The zero-order valence-electron chi connectivity index (χ0n) is 16.0. The smallest absolute Gasteiger partial charge is 0.241 e. The van der Waals surface area contributed by atoms with E-state index in [-0.39, 0.29) is 23.8 Å². The van der Waals surface area contributed by atoms with Crippen LogP contribution in [-0.2, 0) is 21.4 Å².